The second-order valence-corrected chi connectivity index (χ2v) is 1.39. The summed E-state index contributed by atoms with van der Waals surface area (Å²) in [5, 5.41) is 1.06. The molecule has 2 heteroatoms. The van der Waals surface area contributed by atoms with E-state index in [4.69, 9.17) is 0 Å². The molecule has 0 radical (unpaired) electrons. The first-order valence-electron chi connectivity index (χ1n) is 0.974. The maximum atomic E-state index is 3.15. The normalized spacial score (nSPS) is 4.50. The van der Waals surface area contributed by atoms with Gasteiger partial charge in [0.15, 0.2) is 0 Å². The van der Waals surface area contributed by atoms with Crippen molar-refractivity contribution >= 4 is 15.9 Å². The van der Waals surface area contributed by atoms with Gasteiger partial charge in [-0.3, -0.25) is 0 Å². The fourth-order valence-corrected chi connectivity index (χ4v) is 0. The number of hydrogen-bond donors (Lipinski definition) is 0. The Bertz CT molecular complexity index is 9.61. The minimum Gasteiger partial charge on any atom is -1.00 e. The van der Waals surface area contributed by atoms with Crippen LogP contribution in [-0.4, -0.2) is 5.33 Å². The number of alkyl halides is 1. The van der Waals surface area contributed by atoms with Crippen molar-refractivity contribution in [2.24, 2.45) is 0 Å². The number of halogens is 1. The molecule has 0 nitrogen and oxygen atoms in total. The Labute approximate surface area is 48.8 Å². The van der Waals surface area contributed by atoms with Gasteiger partial charge in [0.2, 0.25) is 0 Å². The van der Waals surface area contributed by atoms with Gasteiger partial charge in [0.05, 0.1) is 0 Å². The third-order valence-electron chi connectivity index (χ3n) is 0. The molecule has 0 bridgehead atoms. The quantitative estimate of drug-likeness (QED) is 0.268. The van der Waals surface area contributed by atoms with Crippen molar-refractivity contribution in [3.63, 3.8) is 0 Å². The van der Waals surface area contributed by atoms with Crippen LogP contribution in [-0.2, 0) is 0 Å². The Balaban J connectivity index is -0.0000000200. The van der Waals surface area contributed by atoms with Crippen molar-refractivity contribution in [1.82, 2.24) is 0 Å². The van der Waals surface area contributed by atoms with Gasteiger partial charge in [-0.1, -0.05) is 22.9 Å². The number of hydrogen-bond acceptors (Lipinski definition) is 0. The van der Waals surface area contributed by atoms with E-state index >= 15 is 0 Å². The summed E-state index contributed by atoms with van der Waals surface area (Å²) >= 11 is 3.15. The third-order valence-corrected chi connectivity index (χ3v) is 0. The molecule has 0 saturated carbocycles. The summed E-state index contributed by atoms with van der Waals surface area (Å²) in [6.07, 6.45) is 0. The molecule has 0 rings (SSSR count). The Kier molecular flexibility index (Phi) is 19.9. The summed E-state index contributed by atoms with van der Waals surface area (Å²) < 4.78 is 0. The molecule has 0 spiro atoms. The third kappa shape index (κ3) is 11.4. The Morgan fingerprint density at radius 3 is 2.00 bits per heavy atom. The first kappa shape index (κ1) is 8.91. The van der Waals surface area contributed by atoms with Crippen LogP contribution in [0.2, 0.25) is 0 Å². The van der Waals surface area contributed by atoms with Gasteiger partial charge in [-0.15, -0.1) is 0 Å². The molecule has 0 N–H and O–H groups in total. The monoisotopic (exact) mass is 116 g/mol. The molecule has 0 aliphatic heterocycles. The fraction of sp³-hybridized carbons (Fsp3) is 1.00. The van der Waals surface area contributed by atoms with E-state index in [2.05, 4.69) is 15.9 Å². The Hall–Kier alpha value is 1.08. The average Bonchev–Trinajstić information content (AvgIpc) is 0.918. The van der Waals surface area contributed by atoms with E-state index in [0.717, 1.165) is 5.33 Å². The zero-order valence-corrected chi connectivity index (χ0v) is 4.67. The molecule has 0 atom stereocenters. The first-order valence-corrected chi connectivity index (χ1v) is 2.10. The van der Waals surface area contributed by atoms with Gasteiger partial charge < -0.3 is 1.43 Å². The van der Waals surface area contributed by atoms with Crippen molar-refractivity contribution < 1.29 is 20.3 Å². The molecule has 0 unspecified atom stereocenters. The van der Waals surface area contributed by atoms with Crippen molar-refractivity contribution in [2.45, 2.75) is 6.92 Å². The molecule has 0 saturated heterocycles. The Morgan fingerprint density at radius 1 is 2.00 bits per heavy atom. The summed E-state index contributed by atoms with van der Waals surface area (Å²) in [5.74, 6) is 0. The van der Waals surface area contributed by atoms with Crippen molar-refractivity contribution in [2.75, 3.05) is 5.33 Å². The molecule has 0 amide bonds. The molecule has 0 aromatic heterocycles. The SMILES string of the molecule is CCBr.[H-].[Li+]. The van der Waals surface area contributed by atoms with Crippen molar-refractivity contribution in [1.29, 1.82) is 0 Å². The molecule has 0 aromatic carbocycles. The van der Waals surface area contributed by atoms with Crippen LogP contribution in [0.4, 0.5) is 0 Å². The smallest absolute Gasteiger partial charge is 1.00 e. The van der Waals surface area contributed by atoms with Gasteiger partial charge in [-0.25, -0.2) is 0 Å². The van der Waals surface area contributed by atoms with Crippen LogP contribution < -0.4 is 18.9 Å². The van der Waals surface area contributed by atoms with E-state index in [1.165, 1.54) is 0 Å². The van der Waals surface area contributed by atoms with Gasteiger partial charge in [0.1, 0.15) is 0 Å². The molecule has 22 valence electrons. The second-order valence-electron chi connectivity index (χ2n) is 0.267. The van der Waals surface area contributed by atoms with E-state index in [0.29, 0.717) is 0 Å². The zero-order chi connectivity index (χ0) is 2.71. The second kappa shape index (κ2) is 8.95. The summed E-state index contributed by atoms with van der Waals surface area (Å²) in [5.41, 5.74) is 0. The largest absolute Gasteiger partial charge is 1.00 e. The standard InChI is InChI=1S/C2H5Br.Li.H/c1-2-3;;/h2H2,1H3;;/q;+1;-1. The minimum atomic E-state index is 0. The molecule has 0 heterocycles. The van der Waals surface area contributed by atoms with Gasteiger partial charge >= 0.3 is 18.9 Å². The van der Waals surface area contributed by atoms with E-state index in [1.54, 1.807) is 0 Å². The van der Waals surface area contributed by atoms with Gasteiger partial charge in [0.25, 0.3) is 0 Å². The summed E-state index contributed by atoms with van der Waals surface area (Å²) in [6, 6.07) is 0. The van der Waals surface area contributed by atoms with E-state index in [1.807, 2.05) is 6.92 Å². The predicted octanol–water partition coefficient (Wildman–Crippen LogP) is -1.48. The molecule has 0 aromatic rings. The molecule has 0 fully saturated rings. The van der Waals surface area contributed by atoms with Crippen LogP contribution in [0, 0.1) is 0 Å². The summed E-state index contributed by atoms with van der Waals surface area (Å²) in [6.45, 7) is 2.04. The van der Waals surface area contributed by atoms with Crippen LogP contribution in [0.5, 0.6) is 0 Å². The van der Waals surface area contributed by atoms with E-state index in [9.17, 15) is 0 Å². The van der Waals surface area contributed by atoms with Crippen molar-refractivity contribution in [3.05, 3.63) is 0 Å². The molecule has 0 aliphatic carbocycles. The van der Waals surface area contributed by atoms with Crippen molar-refractivity contribution in [3.8, 4) is 0 Å². The minimum absolute atomic E-state index is 0. The molecule has 4 heavy (non-hydrogen) atoms. The summed E-state index contributed by atoms with van der Waals surface area (Å²) in [4.78, 5) is 0. The maximum absolute atomic E-state index is 3.15. The van der Waals surface area contributed by atoms with Crippen LogP contribution in [0.15, 0.2) is 0 Å². The van der Waals surface area contributed by atoms with Gasteiger partial charge in [0, 0.05) is 5.33 Å². The van der Waals surface area contributed by atoms with Crippen LogP contribution in [0.1, 0.15) is 8.35 Å². The van der Waals surface area contributed by atoms with Crippen LogP contribution in [0.3, 0.4) is 0 Å². The topological polar surface area (TPSA) is 0 Å². The Morgan fingerprint density at radius 2 is 2.00 bits per heavy atom. The van der Waals surface area contributed by atoms with E-state index in [-0.39, 0.29) is 20.3 Å². The molecular weight excluding hydrogens is 111 g/mol. The fourth-order valence-electron chi connectivity index (χ4n) is 0. The van der Waals surface area contributed by atoms with Gasteiger partial charge in [-0.2, -0.15) is 0 Å². The zero-order valence-electron chi connectivity index (χ0n) is 4.09. The van der Waals surface area contributed by atoms with E-state index < -0.39 is 0 Å². The number of rotatable bonds is 0. The van der Waals surface area contributed by atoms with Gasteiger partial charge in [-0.05, 0) is 0 Å². The maximum Gasteiger partial charge on any atom is 1.00 e. The molecule has 0 aliphatic rings. The molecular formula is C2H6BrLi. The predicted molar refractivity (Wildman–Crippen MR) is 20.6 cm³/mol. The first-order chi connectivity index (χ1) is 1.41. The summed E-state index contributed by atoms with van der Waals surface area (Å²) in [7, 11) is 0. The van der Waals surface area contributed by atoms with Crippen LogP contribution in [0.25, 0.3) is 0 Å². The van der Waals surface area contributed by atoms with Crippen LogP contribution >= 0.6 is 15.9 Å². The average molecular weight is 117 g/mol.